The van der Waals surface area contributed by atoms with Crippen LogP contribution in [0, 0.1) is 5.41 Å². The lowest BCUT2D eigenvalue weighted by atomic mass is 9.88. The zero-order chi connectivity index (χ0) is 11.4. The molecule has 3 nitrogen and oxygen atoms in total. The van der Waals surface area contributed by atoms with Crippen LogP contribution in [-0.2, 0) is 4.79 Å². The van der Waals surface area contributed by atoms with Crippen molar-refractivity contribution in [3.05, 3.63) is 0 Å². The Hall–Kier alpha value is -0.570. The molecule has 0 unspecified atom stereocenters. The molecule has 0 bridgehead atoms. The summed E-state index contributed by atoms with van der Waals surface area (Å²) in [6.07, 6.45) is 8.22. The van der Waals surface area contributed by atoms with Gasteiger partial charge in [-0.25, -0.2) is 0 Å². The molecule has 1 aliphatic heterocycles. The van der Waals surface area contributed by atoms with Gasteiger partial charge in [-0.2, -0.15) is 0 Å². The van der Waals surface area contributed by atoms with Crippen LogP contribution in [0.2, 0.25) is 0 Å². The van der Waals surface area contributed by atoms with Crippen molar-refractivity contribution in [2.45, 2.75) is 57.9 Å². The third kappa shape index (κ3) is 2.76. The largest absolute Gasteiger partial charge is 0.356 e. The van der Waals surface area contributed by atoms with Crippen LogP contribution in [0.25, 0.3) is 0 Å². The van der Waals surface area contributed by atoms with E-state index in [1.807, 2.05) is 0 Å². The number of rotatable bonds is 4. The highest BCUT2D eigenvalue weighted by atomic mass is 16.2. The summed E-state index contributed by atoms with van der Waals surface area (Å²) in [6.45, 7) is 4.10. The third-order valence-electron chi connectivity index (χ3n) is 4.20. The van der Waals surface area contributed by atoms with Gasteiger partial charge in [0, 0.05) is 18.0 Å². The standard InChI is InChI=1S/C13H24N2O/c1-13(7-2-3-8-13)12(16)15-10-6-11-5-4-9-14-11/h11,14H,2-10H2,1H3,(H,15,16)/t11-/m0/s1. The van der Waals surface area contributed by atoms with E-state index in [-0.39, 0.29) is 11.3 Å². The number of hydrogen-bond donors (Lipinski definition) is 2. The molecule has 1 saturated carbocycles. The first-order valence-corrected chi connectivity index (χ1v) is 6.72. The van der Waals surface area contributed by atoms with Crippen LogP contribution in [0.4, 0.5) is 0 Å². The van der Waals surface area contributed by atoms with Gasteiger partial charge in [0.05, 0.1) is 0 Å². The molecule has 0 spiro atoms. The molecule has 2 N–H and O–H groups in total. The Kier molecular flexibility index (Phi) is 3.85. The van der Waals surface area contributed by atoms with E-state index in [4.69, 9.17) is 0 Å². The van der Waals surface area contributed by atoms with Crippen LogP contribution in [0.15, 0.2) is 0 Å². The summed E-state index contributed by atoms with van der Waals surface area (Å²) in [7, 11) is 0. The van der Waals surface area contributed by atoms with Gasteiger partial charge in [-0.05, 0) is 38.6 Å². The molecule has 2 rings (SSSR count). The molecular formula is C13H24N2O. The number of amides is 1. The van der Waals surface area contributed by atoms with Gasteiger partial charge in [0.15, 0.2) is 0 Å². The molecule has 1 aliphatic carbocycles. The van der Waals surface area contributed by atoms with Crippen LogP contribution in [0.1, 0.15) is 51.9 Å². The Morgan fingerprint density at radius 3 is 2.75 bits per heavy atom. The van der Waals surface area contributed by atoms with Crippen molar-refractivity contribution >= 4 is 5.91 Å². The van der Waals surface area contributed by atoms with Gasteiger partial charge >= 0.3 is 0 Å². The van der Waals surface area contributed by atoms with E-state index in [2.05, 4.69) is 17.6 Å². The van der Waals surface area contributed by atoms with Crippen LogP contribution in [0.3, 0.4) is 0 Å². The summed E-state index contributed by atoms with van der Waals surface area (Å²) >= 11 is 0. The lowest BCUT2D eigenvalue weighted by Gasteiger charge is -2.22. The van der Waals surface area contributed by atoms with Crippen LogP contribution in [-0.4, -0.2) is 25.0 Å². The molecule has 1 saturated heterocycles. The fourth-order valence-electron chi connectivity index (χ4n) is 2.96. The molecule has 16 heavy (non-hydrogen) atoms. The number of carbonyl (C=O) groups is 1. The van der Waals surface area contributed by atoms with Crippen molar-refractivity contribution in [3.63, 3.8) is 0 Å². The molecule has 3 heteroatoms. The van der Waals surface area contributed by atoms with Crippen LogP contribution < -0.4 is 10.6 Å². The van der Waals surface area contributed by atoms with Gasteiger partial charge in [-0.15, -0.1) is 0 Å². The maximum absolute atomic E-state index is 12.0. The first kappa shape index (κ1) is 11.9. The monoisotopic (exact) mass is 224 g/mol. The lowest BCUT2D eigenvalue weighted by Crippen LogP contribution is -2.39. The third-order valence-corrected chi connectivity index (χ3v) is 4.20. The first-order valence-electron chi connectivity index (χ1n) is 6.72. The van der Waals surface area contributed by atoms with Crippen molar-refractivity contribution in [2.75, 3.05) is 13.1 Å². The Bertz CT molecular complexity index is 240. The first-order chi connectivity index (χ1) is 7.71. The summed E-state index contributed by atoms with van der Waals surface area (Å²) in [5.74, 6) is 0.281. The zero-order valence-corrected chi connectivity index (χ0v) is 10.3. The number of nitrogens with one attached hydrogen (secondary N) is 2. The lowest BCUT2D eigenvalue weighted by molar-refractivity contribution is -0.129. The maximum Gasteiger partial charge on any atom is 0.225 e. The fourth-order valence-corrected chi connectivity index (χ4v) is 2.96. The Balaban J connectivity index is 1.67. The highest BCUT2D eigenvalue weighted by Gasteiger charge is 2.35. The van der Waals surface area contributed by atoms with Crippen molar-refractivity contribution in [1.82, 2.24) is 10.6 Å². The molecular weight excluding hydrogens is 200 g/mol. The Morgan fingerprint density at radius 1 is 1.38 bits per heavy atom. The van der Waals surface area contributed by atoms with E-state index in [0.29, 0.717) is 6.04 Å². The molecule has 2 aliphatic rings. The van der Waals surface area contributed by atoms with Gasteiger partial charge < -0.3 is 10.6 Å². The molecule has 2 fully saturated rings. The smallest absolute Gasteiger partial charge is 0.225 e. The molecule has 0 aromatic heterocycles. The van der Waals surface area contributed by atoms with Crippen LogP contribution >= 0.6 is 0 Å². The molecule has 0 radical (unpaired) electrons. The Morgan fingerprint density at radius 2 is 2.12 bits per heavy atom. The Labute approximate surface area is 98.4 Å². The second-order valence-corrected chi connectivity index (χ2v) is 5.61. The molecule has 1 amide bonds. The summed E-state index contributed by atoms with van der Waals surface area (Å²) in [5, 5.41) is 6.57. The molecule has 1 atom stereocenters. The molecule has 0 aromatic rings. The highest BCUT2D eigenvalue weighted by Crippen LogP contribution is 2.37. The van der Waals surface area contributed by atoms with Crippen LogP contribution in [0.5, 0.6) is 0 Å². The normalized spacial score (nSPS) is 28.2. The second-order valence-electron chi connectivity index (χ2n) is 5.61. The van der Waals surface area contributed by atoms with Crippen molar-refractivity contribution in [2.24, 2.45) is 5.41 Å². The fraction of sp³-hybridized carbons (Fsp3) is 0.923. The molecule has 0 aromatic carbocycles. The van der Waals surface area contributed by atoms with Gasteiger partial charge in [0.2, 0.25) is 5.91 Å². The number of hydrogen-bond acceptors (Lipinski definition) is 2. The van der Waals surface area contributed by atoms with Gasteiger partial charge in [-0.3, -0.25) is 4.79 Å². The highest BCUT2D eigenvalue weighted by molar-refractivity contribution is 5.82. The molecule has 1 heterocycles. The van der Waals surface area contributed by atoms with E-state index in [1.165, 1.54) is 25.7 Å². The number of carbonyl (C=O) groups excluding carboxylic acids is 1. The van der Waals surface area contributed by atoms with Crippen molar-refractivity contribution in [3.8, 4) is 0 Å². The van der Waals surface area contributed by atoms with E-state index >= 15 is 0 Å². The predicted octanol–water partition coefficient (Wildman–Crippen LogP) is 1.82. The zero-order valence-electron chi connectivity index (χ0n) is 10.3. The minimum absolute atomic E-state index is 0.0664. The minimum Gasteiger partial charge on any atom is -0.356 e. The maximum atomic E-state index is 12.0. The SMILES string of the molecule is CC1(C(=O)NCC[C@@H]2CCCN2)CCCC1. The average molecular weight is 224 g/mol. The van der Waals surface area contributed by atoms with E-state index < -0.39 is 0 Å². The van der Waals surface area contributed by atoms with E-state index in [1.54, 1.807) is 0 Å². The topological polar surface area (TPSA) is 41.1 Å². The van der Waals surface area contributed by atoms with Crippen molar-refractivity contribution in [1.29, 1.82) is 0 Å². The summed E-state index contributed by atoms with van der Waals surface area (Å²) in [4.78, 5) is 12.0. The van der Waals surface area contributed by atoms with E-state index in [9.17, 15) is 4.79 Å². The van der Waals surface area contributed by atoms with Gasteiger partial charge in [-0.1, -0.05) is 19.8 Å². The summed E-state index contributed by atoms with van der Waals surface area (Å²) in [5.41, 5.74) is -0.0664. The quantitative estimate of drug-likeness (QED) is 0.765. The average Bonchev–Trinajstić information content (AvgIpc) is 2.90. The summed E-state index contributed by atoms with van der Waals surface area (Å²) in [6, 6.07) is 0.636. The van der Waals surface area contributed by atoms with Gasteiger partial charge in [0.1, 0.15) is 0 Å². The van der Waals surface area contributed by atoms with Gasteiger partial charge in [0.25, 0.3) is 0 Å². The van der Waals surface area contributed by atoms with Crippen molar-refractivity contribution < 1.29 is 4.79 Å². The second kappa shape index (κ2) is 5.17. The summed E-state index contributed by atoms with van der Waals surface area (Å²) < 4.78 is 0. The molecule has 92 valence electrons. The van der Waals surface area contributed by atoms with E-state index in [0.717, 1.165) is 32.4 Å². The predicted molar refractivity (Wildman–Crippen MR) is 65.2 cm³/mol. The minimum atomic E-state index is -0.0664.